The van der Waals surface area contributed by atoms with Crippen molar-refractivity contribution < 1.29 is 19.1 Å². The second-order valence-corrected chi connectivity index (χ2v) is 8.94. The number of amides is 3. The van der Waals surface area contributed by atoms with E-state index in [1.165, 1.54) is 0 Å². The Bertz CT molecular complexity index is 1040. The molecule has 1 aromatic heterocycles. The van der Waals surface area contributed by atoms with Crippen molar-refractivity contribution >= 4 is 17.7 Å². The minimum Gasteiger partial charge on any atom is -0.497 e. The SMILES string of the molecule is COc1ccc(CNC(=O)CCC(=O)N2CCc3c(c(C(=O)N4CCCCC4)nn3C)C2)cc1. The molecule has 0 aliphatic carbocycles. The van der Waals surface area contributed by atoms with E-state index in [4.69, 9.17) is 4.74 Å². The van der Waals surface area contributed by atoms with Gasteiger partial charge in [0, 0.05) is 70.3 Å². The number of aryl methyl sites for hydroxylation is 1. The number of likely N-dealkylation sites (tertiary alicyclic amines) is 1. The highest BCUT2D eigenvalue weighted by molar-refractivity contribution is 5.94. The fraction of sp³-hybridized carbons (Fsp3) is 0.520. The molecule has 9 nitrogen and oxygen atoms in total. The van der Waals surface area contributed by atoms with Crippen LogP contribution in [-0.4, -0.2) is 64.0 Å². The smallest absolute Gasteiger partial charge is 0.274 e. The van der Waals surface area contributed by atoms with Gasteiger partial charge in [-0.3, -0.25) is 19.1 Å². The highest BCUT2D eigenvalue weighted by atomic mass is 16.5. The Labute approximate surface area is 200 Å². The molecule has 1 N–H and O–H groups in total. The van der Waals surface area contributed by atoms with Gasteiger partial charge in [0.15, 0.2) is 5.69 Å². The standard InChI is InChI=1S/C25H33N5O4/c1-28-21-12-15-30(17-20(21)24(27-28)25(33)29-13-4-3-5-14-29)23(32)11-10-22(31)26-16-18-6-8-19(34-2)9-7-18/h6-9H,3-5,10-17H2,1-2H3,(H,26,31). The van der Waals surface area contributed by atoms with Gasteiger partial charge >= 0.3 is 0 Å². The number of aromatic nitrogens is 2. The van der Waals surface area contributed by atoms with Gasteiger partial charge in [0.05, 0.1) is 7.11 Å². The summed E-state index contributed by atoms with van der Waals surface area (Å²) in [6.45, 7) is 2.86. The van der Waals surface area contributed by atoms with Crippen molar-refractivity contribution in [1.82, 2.24) is 24.9 Å². The molecule has 2 aliphatic rings. The molecule has 1 fully saturated rings. The van der Waals surface area contributed by atoms with E-state index in [-0.39, 0.29) is 30.6 Å². The third kappa shape index (κ3) is 5.40. The van der Waals surface area contributed by atoms with Crippen LogP contribution in [0.25, 0.3) is 0 Å². The number of ether oxygens (including phenoxy) is 1. The van der Waals surface area contributed by atoms with Crippen LogP contribution in [0.2, 0.25) is 0 Å². The van der Waals surface area contributed by atoms with Crippen LogP contribution in [0.3, 0.4) is 0 Å². The molecule has 0 radical (unpaired) electrons. The summed E-state index contributed by atoms with van der Waals surface area (Å²) >= 11 is 0. The normalized spacial score (nSPS) is 15.6. The van der Waals surface area contributed by atoms with Crippen LogP contribution in [0.15, 0.2) is 24.3 Å². The van der Waals surface area contributed by atoms with E-state index >= 15 is 0 Å². The zero-order valence-electron chi connectivity index (χ0n) is 20.0. The number of carbonyl (C=O) groups is 3. The lowest BCUT2D eigenvalue weighted by Gasteiger charge is -2.29. The Morgan fingerprint density at radius 1 is 1.00 bits per heavy atom. The van der Waals surface area contributed by atoms with Crippen LogP contribution in [0.1, 0.15) is 59.4 Å². The number of fused-ring (bicyclic) bond motifs is 1. The Kier molecular flexibility index (Phi) is 7.49. The maximum absolute atomic E-state index is 13.1. The Balaban J connectivity index is 1.30. The lowest BCUT2D eigenvalue weighted by Crippen LogP contribution is -2.39. The van der Waals surface area contributed by atoms with Gasteiger partial charge in [-0.1, -0.05) is 12.1 Å². The van der Waals surface area contributed by atoms with Crippen molar-refractivity contribution in [3.8, 4) is 5.75 Å². The molecule has 3 heterocycles. The summed E-state index contributed by atoms with van der Waals surface area (Å²) in [5.41, 5.74) is 3.30. The predicted octanol–water partition coefficient (Wildman–Crippen LogP) is 2.04. The summed E-state index contributed by atoms with van der Waals surface area (Å²) in [6.07, 6.45) is 4.11. The third-order valence-corrected chi connectivity index (χ3v) is 6.66. The van der Waals surface area contributed by atoms with Gasteiger partial charge in [0.2, 0.25) is 11.8 Å². The summed E-state index contributed by atoms with van der Waals surface area (Å²) in [5, 5.41) is 7.37. The van der Waals surface area contributed by atoms with Crippen LogP contribution in [0.4, 0.5) is 0 Å². The number of piperidine rings is 1. The second kappa shape index (κ2) is 10.7. The average molecular weight is 468 g/mol. The van der Waals surface area contributed by atoms with E-state index in [2.05, 4.69) is 10.4 Å². The lowest BCUT2D eigenvalue weighted by atomic mass is 10.0. The molecule has 0 saturated carbocycles. The van der Waals surface area contributed by atoms with Crippen molar-refractivity contribution in [2.75, 3.05) is 26.7 Å². The molecule has 4 rings (SSSR count). The topological polar surface area (TPSA) is 96.8 Å². The highest BCUT2D eigenvalue weighted by Gasteiger charge is 2.31. The van der Waals surface area contributed by atoms with Gasteiger partial charge in [0.1, 0.15) is 5.75 Å². The molecule has 3 amide bonds. The number of methoxy groups -OCH3 is 1. The quantitative estimate of drug-likeness (QED) is 0.672. The number of carbonyl (C=O) groups excluding carboxylic acids is 3. The summed E-state index contributed by atoms with van der Waals surface area (Å²) in [4.78, 5) is 41.8. The number of rotatable bonds is 7. The molecular formula is C25H33N5O4. The van der Waals surface area contributed by atoms with E-state index in [1.807, 2.05) is 36.2 Å². The van der Waals surface area contributed by atoms with Gasteiger partial charge < -0.3 is 19.9 Å². The monoisotopic (exact) mass is 467 g/mol. The summed E-state index contributed by atoms with van der Waals surface area (Å²) < 4.78 is 6.91. The molecule has 0 spiro atoms. The van der Waals surface area contributed by atoms with Crippen molar-refractivity contribution in [3.63, 3.8) is 0 Å². The molecule has 0 unspecified atom stereocenters. The summed E-state index contributed by atoms with van der Waals surface area (Å²) in [5.74, 6) is 0.484. The molecule has 0 bridgehead atoms. The first-order chi connectivity index (χ1) is 16.5. The van der Waals surface area contributed by atoms with E-state index < -0.39 is 0 Å². The van der Waals surface area contributed by atoms with E-state index in [0.717, 1.165) is 54.9 Å². The van der Waals surface area contributed by atoms with E-state index in [9.17, 15) is 14.4 Å². The zero-order chi connectivity index (χ0) is 24.1. The number of benzene rings is 1. The third-order valence-electron chi connectivity index (χ3n) is 6.66. The molecule has 9 heteroatoms. The van der Waals surface area contributed by atoms with Crippen molar-refractivity contribution in [2.45, 2.75) is 51.6 Å². The molecule has 2 aromatic rings. The van der Waals surface area contributed by atoms with Crippen molar-refractivity contribution in [1.29, 1.82) is 0 Å². The maximum Gasteiger partial charge on any atom is 0.274 e. The molecule has 34 heavy (non-hydrogen) atoms. The Hall–Kier alpha value is -3.36. The van der Waals surface area contributed by atoms with E-state index in [1.54, 1.807) is 16.7 Å². The molecule has 182 valence electrons. The first-order valence-corrected chi connectivity index (χ1v) is 12.0. The number of nitrogens with zero attached hydrogens (tertiary/aromatic N) is 4. The predicted molar refractivity (Wildman–Crippen MR) is 126 cm³/mol. The van der Waals surface area contributed by atoms with Crippen LogP contribution in [0.5, 0.6) is 5.75 Å². The lowest BCUT2D eigenvalue weighted by molar-refractivity contribution is -0.134. The Morgan fingerprint density at radius 3 is 2.44 bits per heavy atom. The number of hydrogen-bond donors (Lipinski definition) is 1. The number of nitrogens with one attached hydrogen (secondary N) is 1. The first-order valence-electron chi connectivity index (χ1n) is 12.0. The summed E-state index contributed by atoms with van der Waals surface area (Å²) in [7, 11) is 3.47. The van der Waals surface area contributed by atoms with Gasteiger partial charge in [0.25, 0.3) is 5.91 Å². The largest absolute Gasteiger partial charge is 0.497 e. The van der Waals surface area contributed by atoms with Crippen LogP contribution in [0, 0.1) is 0 Å². The van der Waals surface area contributed by atoms with E-state index in [0.29, 0.717) is 31.7 Å². The second-order valence-electron chi connectivity index (χ2n) is 8.94. The van der Waals surface area contributed by atoms with Gasteiger partial charge in [-0.25, -0.2) is 0 Å². The number of hydrogen-bond acceptors (Lipinski definition) is 5. The van der Waals surface area contributed by atoms with Crippen molar-refractivity contribution in [2.24, 2.45) is 7.05 Å². The zero-order valence-corrected chi connectivity index (χ0v) is 20.0. The van der Waals surface area contributed by atoms with Gasteiger partial charge in [-0.05, 0) is 37.0 Å². The minimum absolute atomic E-state index is 0.0382. The summed E-state index contributed by atoms with van der Waals surface area (Å²) in [6, 6.07) is 7.48. The minimum atomic E-state index is -0.163. The Morgan fingerprint density at radius 2 is 1.74 bits per heavy atom. The van der Waals surface area contributed by atoms with Gasteiger partial charge in [-0.15, -0.1) is 0 Å². The molecule has 1 saturated heterocycles. The van der Waals surface area contributed by atoms with Crippen LogP contribution in [-0.2, 0) is 36.1 Å². The fourth-order valence-electron chi connectivity index (χ4n) is 4.63. The fourth-order valence-corrected chi connectivity index (χ4v) is 4.63. The average Bonchev–Trinajstić information content (AvgIpc) is 3.22. The van der Waals surface area contributed by atoms with Crippen molar-refractivity contribution in [3.05, 3.63) is 46.8 Å². The van der Waals surface area contributed by atoms with Gasteiger partial charge in [-0.2, -0.15) is 5.10 Å². The molecule has 2 aliphatic heterocycles. The van der Waals surface area contributed by atoms with Crippen LogP contribution < -0.4 is 10.1 Å². The maximum atomic E-state index is 13.1. The highest BCUT2D eigenvalue weighted by Crippen LogP contribution is 2.25. The first kappa shape index (κ1) is 23.8. The molecular weight excluding hydrogens is 434 g/mol. The molecule has 0 atom stereocenters. The van der Waals surface area contributed by atoms with Crippen LogP contribution >= 0.6 is 0 Å². The molecule has 1 aromatic carbocycles.